The van der Waals surface area contributed by atoms with Crippen LogP contribution >= 0.6 is 0 Å². The Bertz CT molecular complexity index is 1210. The minimum absolute atomic E-state index is 0.0262. The lowest BCUT2D eigenvalue weighted by Gasteiger charge is -2.27. The molecule has 230 valence electrons. The molecule has 1 fully saturated rings. The van der Waals surface area contributed by atoms with Crippen LogP contribution in [0.25, 0.3) is 0 Å². The Kier molecular flexibility index (Phi) is 11.1. The summed E-state index contributed by atoms with van der Waals surface area (Å²) in [5, 5.41) is 15.7. The number of nitrogens with one attached hydrogen (secondary N) is 2. The SMILES string of the molecule is CO[C@H](CF)CN(CCCCc1ccc2c(n1)NCCC2)CC[C@H](NC(=O)C1(c2cncnc2C(F)F)CC1)C(=O)O. The second kappa shape index (κ2) is 14.7. The molecule has 0 spiro atoms. The third-order valence-electron chi connectivity index (χ3n) is 8.06. The molecule has 2 aliphatic rings. The summed E-state index contributed by atoms with van der Waals surface area (Å²) in [6.45, 7) is 1.34. The number of hydrogen-bond acceptors (Lipinski definition) is 8. The number of ether oxygens (including phenoxy) is 1. The van der Waals surface area contributed by atoms with Crippen LogP contribution in [0.1, 0.15) is 67.5 Å². The second-order valence-corrected chi connectivity index (χ2v) is 11.0. The first-order valence-electron chi connectivity index (χ1n) is 14.4. The van der Waals surface area contributed by atoms with E-state index in [9.17, 15) is 27.9 Å². The zero-order valence-electron chi connectivity index (χ0n) is 23.8. The highest BCUT2D eigenvalue weighted by Crippen LogP contribution is 2.50. The summed E-state index contributed by atoms with van der Waals surface area (Å²) in [6.07, 6.45) is 3.79. The number of nitrogens with zero attached hydrogens (tertiary/aromatic N) is 4. The van der Waals surface area contributed by atoms with Crippen molar-refractivity contribution in [2.24, 2.45) is 0 Å². The third kappa shape index (κ3) is 7.94. The van der Waals surface area contributed by atoms with Crippen molar-refractivity contribution < 1.29 is 32.6 Å². The number of hydrogen-bond donors (Lipinski definition) is 3. The summed E-state index contributed by atoms with van der Waals surface area (Å²) in [5.41, 5.74) is 0.463. The van der Waals surface area contributed by atoms with Gasteiger partial charge in [-0.3, -0.25) is 4.79 Å². The molecule has 1 saturated carbocycles. The van der Waals surface area contributed by atoms with Crippen LogP contribution in [-0.2, 0) is 32.6 Å². The fourth-order valence-corrected chi connectivity index (χ4v) is 5.41. The lowest BCUT2D eigenvalue weighted by Crippen LogP contribution is -2.48. The number of aliphatic carboxylic acids is 1. The van der Waals surface area contributed by atoms with Crippen LogP contribution in [0.3, 0.4) is 0 Å². The highest BCUT2D eigenvalue weighted by Gasteiger charge is 2.54. The van der Waals surface area contributed by atoms with E-state index in [1.165, 1.54) is 18.9 Å². The van der Waals surface area contributed by atoms with Crippen molar-refractivity contribution in [1.82, 2.24) is 25.2 Å². The number of aromatic nitrogens is 3. The van der Waals surface area contributed by atoms with Crippen LogP contribution in [0.2, 0.25) is 0 Å². The summed E-state index contributed by atoms with van der Waals surface area (Å²) in [5.74, 6) is -0.923. The minimum atomic E-state index is -2.89. The third-order valence-corrected chi connectivity index (χ3v) is 8.06. The topological polar surface area (TPSA) is 130 Å². The van der Waals surface area contributed by atoms with Crippen LogP contribution in [0, 0.1) is 0 Å². The van der Waals surface area contributed by atoms with Crippen molar-refractivity contribution in [3.8, 4) is 0 Å². The van der Waals surface area contributed by atoms with Crippen LogP contribution in [-0.4, -0.2) is 88.9 Å². The minimum Gasteiger partial charge on any atom is -0.480 e. The predicted octanol–water partition coefficient (Wildman–Crippen LogP) is 3.47. The van der Waals surface area contributed by atoms with Crippen molar-refractivity contribution in [3.63, 3.8) is 0 Å². The highest BCUT2D eigenvalue weighted by molar-refractivity contribution is 5.94. The fourth-order valence-electron chi connectivity index (χ4n) is 5.41. The maximum atomic E-state index is 13.5. The zero-order chi connectivity index (χ0) is 30.1. The molecule has 0 bridgehead atoms. The first-order chi connectivity index (χ1) is 20.3. The van der Waals surface area contributed by atoms with Gasteiger partial charge in [0.1, 0.15) is 30.6 Å². The number of halogens is 3. The highest BCUT2D eigenvalue weighted by atomic mass is 19.3. The summed E-state index contributed by atoms with van der Waals surface area (Å²) in [4.78, 5) is 39.4. The number of fused-ring (bicyclic) bond motifs is 1. The molecule has 3 N–H and O–H groups in total. The maximum Gasteiger partial charge on any atom is 0.326 e. The normalized spacial score (nSPS) is 16.9. The molecule has 3 heterocycles. The van der Waals surface area contributed by atoms with Crippen LogP contribution in [0.5, 0.6) is 0 Å². The number of amides is 1. The van der Waals surface area contributed by atoms with Crippen LogP contribution in [0.4, 0.5) is 19.0 Å². The number of alkyl halides is 3. The Morgan fingerprint density at radius 1 is 1.24 bits per heavy atom. The zero-order valence-corrected chi connectivity index (χ0v) is 23.8. The van der Waals surface area contributed by atoms with Crippen LogP contribution in [0.15, 0.2) is 24.7 Å². The van der Waals surface area contributed by atoms with Crippen molar-refractivity contribution in [1.29, 1.82) is 0 Å². The molecule has 2 aromatic rings. The summed E-state index contributed by atoms with van der Waals surface area (Å²) in [7, 11) is 1.43. The Labute approximate surface area is 243 Å². The molecule has 4 rings (SSSR count). The number of pyridine rings is 1. The number of carboxylic acids is 1. The number of methoxy groups -OCH3 is 1. The Morgan fingerprint density at radius 3 is 2.74 bits per heavy atom. The number of rotatable bonds is 17. The Hall–Kier alpha value is -3.32. The number of carboxylic acid groups (broad SMARTS) is 1. The number of carbonyl (C=O) groups is 2. The van der Waals surface area contributed by atoms with E-state index in [4.69, 9.17) is 9.72 Å². The van der Waals surface area contributed by atoms with E-state index in [1.807, 2.05) is 11.0 Å². The van der Waals surface area contributed by atoms with Gasteiger partial charge < -0.3 is 25.4 Å². The quantitative estimate of drug-likeness (QED) is 0.237. The van der Waals surface area contributed by atoms with Gasteiger partial charge in [-0.05, 0) is 69.5 Å². The molecule has 1 amide bonds. The first-order valence-corrected chi connectivity index (χ1v) is 14.4. The molecule has 2 aromatic heterocycles. The van der Waals surface area contributed by atoms with E-state index in [0.717, 1.165) is 56.5 Å². The standard InChI is InChI=1S/C29H39F3N6O4/c1-42-21(15-30)17-38(13-3-2-6-20-8-7-19-5-4-12-34-26(19)36-20)14-9-23(27(39)40)37-28(41)29(10-11-29)22-16-33-18-35-24(22)25(31)32/h7-8,16,18,21,23,25H,2-6,9-15,17H2,1H3,(H,34,36)(H,37,41)(H,39,40)/t21-,23+/m1/s1. The average molecular weight is 593 g/mol. The van der Waals surface area contributed by atoms with E-state index < -0.39 is 48.2 Å². The molecule has 1 aliphatic carbocycles. The number of aryl methyl sites for hydroxylation is 2. The molecule has 2 atom stereocenters. The van der Waals surface area contributed by atoms with Gasteiger partial charge in [-0.25, -0.2) is 32.9 Å². The van der Waals surface area contributed by atoms with Gasteiger partial charge >= 0.3 is 5.97 Å². The maximum absolute atomic E-state index is 13.5. The monoisotopic (exact) mass is 592 g/mol. The first kappa shape index (κ1) is 31.6. The predicted molar refractivity (Wildman–Crippen MR) is 149 cm³/mol. The number of unbranched alkanes of at least 4 members (excludes halogenated alkanes) is 1. The van der Waals surface area contributed by atoms with Crippen molar-refractivity contribution in [2.75, 3.05) is 45.3 Å². The van der Waals surface area contributed by atoms with Gasteiger partial charge in [-0.1, -0.05) is 6.07 Å². The smallest absolute Gasteiger partial charge is 0.326 e. The van der Waals surface area contributed by atoms with E-state index in [1.54, 1.807) is 0 Å². The molecule has 0 radical (unpaired) electrons. The van der Waals surface area contributed by atoms with E-state index in [-0.39, 0.29) is 25.1 Å². The molecule has 0 aromatic carbocycles. The molecular formula is C29H39F3N6O4. The second-order valence-electron chi connectivity index (χ2n) is 11.0. The average Bonchev–Trinajstić information content (AvgIpc) is 3.81. The van der Waals surface area contributed by atoms with Gasteiger partial charge in [0.05, 0.1) is 11.5 Å². The van der Waals surface area contributed by atoms with Crippen LogP contribution < -0.4 is 10.6 Å². The molecule has 0 saturated heterocycles. The molecule has 0 unspecified atom stereocenters. The number of carbonyl (C=O) groups excluding carboxylic acids is 1. The molecular weight excluding hydrogens is 553 g/mol. The molecule has 13 heteroatoms. The van der Waals surface area contributed by atoms with E-state index in [2.05, 4.69) is 26.7 Å². The summed E-state index contributed by atoms with van der Waals surface area (Å²) in [6, 6.07) is 2.91. The largest absolute Gasteiger partial charge is 0.480 e. The van der Waals surface area contributed by atoms with Gasteiger partial charge in [0.25, 0.3) is 6.43 Å². The number of anilines is 1. The van der Waals surface area contributed by atoms with Gasteiger partial charge in [0.15, 0.2) is 0 Å². The van der Waals surface area contributed by atoms with Gasteiger partial charge in [0, 0.05) is 44.2 Å². The molecule has 10 nitrogen and oxygen atoms in total. The van der Waals surface area contributed by atoms with E-state index >= 15 is 0 Å². The lowest BCUT2D eigenvalue weighted by molar-refractivity contribution is -0.142. The van der Waals surface area contributed by atoms with Gasteiger partial charge in [-0.2, -0.15) is 0 Å². The van der Waals surface area contributed by atoms with E-state index in [0.29, 0.717) is 19.4 Å². The summed E-state index contributed by atoms with van der Waals surface area (Å²) < 4.78 is 45.8. The van der Waals surface area contributed by atoms with Crippen molar-refractivity contribution >= 4 is 17.7 Å². The van der Waals surface area contributed by atoms with Gasteiger partial charge in [0.2, 0.25) is 5.91 Å². The summed E-state index contributed by atoms with van der Waals surface area (Å²) >= 11 is 0. The lowest BCUT2D eigenvalue weighted by atomic mass is 9.94. The molecule has 42 heavy (non-hydrogen) atoms. The van der Waals surface area contributed by atoms with Gasteiger partial charge in [-0.15, -0.1) is 0 Å². The Morgan fingerprint density at radius 2 is 2.05 bits per heavy atom. The Balaban J connectivity index is 1.34. The fraction of sp³-hybridized carbons (Fsp3) is 0.621. The van der Waals surface area contributed by atoms with Crippen molar-refractivity contribution in [3.05, 3.63) is 47.2 Å². The van der Waals surface area contributed by atoms with Crippen molar-refractivity contribution in [2.45, 2.75) is 75.4 Å². The molecule has 1 aliphatic heterocycles.